The van der Waals surface area contributed by atoms with Crippen molar-refractivity contribution in [1.29, 1.82) is 0 Å². The van der Waals surface area contributed by atoms with E-state index in [1.54, 1.807) is 0 Å². The van der Waals surface area contributed by atoms with Crippen LogP contribution in [0.4, 0.5) is 0 Å². The summed E-state index contributed by atoms with van der Waals surface area (Å²) < 4.78 is 26.0. The molecule has 0 saturated heterocycles. The zero-order valence-electron chi connectivity index (χ0n) is 11.6. The molecule has 0 aromatic heterocycles. The van der Waals surface area contributed by atoms with Gasteiger partial charge >= 0.3 is 0 Å². The molecule has 0 aliphatic heterocycles. The second-order valence-electron chi connectivity index (χ2n) is 5.18. The molecule has 0 unspecified atom stereocenters. The summed E-state index contributed by atoms with van der Waals surface area (Å²) in [7, 11) is -3.24. The molecule has 104 valence electrons. The average molecular weight is 264 g/mol. The second-order valence-corrected chi connectivity index (χ2v) is 6.83. The summed E-state index contributed by atoms with van der Waals surface area (Å²) >= 11 is 0. The van der Waals surface area contributed by atoms with Gasteiger partial charge in [-0.1, -0.05) is 58.8 Å². The standard InChI is InChI=1S/C13H28O3S/c1-13(2)11-9-7-5-4-6-8-10-12-16-17(3,14)15/h13H,4-12H2,1-3H3. The van der Waals surface area contributed by atoms with Crippen molar-refractivity contribution in [1.82, 2.24) is 0 Å². The van der Waals surface area contributed by atoms with Crippen LogP contribution >= 0.6 is 0 Å². The molecule has 0 aromatic rings. The first-order chi connectivity index (χ1) is 7.92. The van der Waals surface area contributed by atoms with Gasteiger partial charge in [0.05, 0.1) is 12.9 Å². The molecule has 0 aromatic carbocycles. The van der Waals surface area contributed by atoms with E-state index < -0.39 is 10.1 Å². The first-order valence-corrected chi connectivity index (χ1v) is 8.58. The van der Waals surface area contributed by atoms with Crippen molar-refractivity contribution in [2.75, 3.05) is 12.9 Å². The molecule has 0 bridgehead atoms. The predicted molar refractivity (Wildman–Crippen MR) is 72.6 cm³/mol. The van der Waals surface area contributed by atoms with Crippen LogP contribution in [0.15, 0.2) is 0 Å². The normalized spacial score (nSPS) is 12.2. The Morgan fingerprint density at radius 2 is 1.35 bits per heavy atom. The maximum Gasteiger partial charge on any atom is 0.264 e. The van der Waals surface area contributed by atoms with E-state index in [0.29, 0.717) is 6.61 Å². The first kappa shape index (κ1) is 16.9. The highest BCUT2D eigenvalue weighted by atomic mass is 32.2. The van der Waals surface area contributed by atoms with Crippen molar-refractivity contribution >= 4 is 10.1 Å². The number of hydrogen-bond acceptors (Lipinski definition) is 3. The summed E-state index contributed by atoms with van der Waals surface area (Å²) in [5.41, 5.74) is 0. The van der Waals surface area contributed by atoms with E-state index in [9.17, 15) is 8.42 Å². The molecule has 0 aliphatic carbocycles. The lowest BCUT2D eigenvalue weighted by Gasteiger charge is -2.04. The van der Waals surface area contributed by atoms with Gasteiger partial charge in [0, 0.05) is 0 Å². The molecular weight excluding hydrogens is 236 g/mol. The Morgan fingerprint density at radius 1 is 0.882 bits per heavy atom. The lowest BCUT2D eigenvalue weighted by atomic mass is 10.0. The third kappa shape index (κ3) is 15.9. The molecule has 0 atom stereocenters. The lowest BCUT2D eigenvalue weighted by Crippen LogP contribution is -2.03. The minimum absolute atomic E-state index is 0.339. The van der Waals surface area contributed by atoms with Crippen LogP contribution in [-0.4, -0.2) is 21.3 Å². The molecule has 0 radical (unpaired) electrons. The fourth-order valence-electron chi connectivity index (χ4n) is 1.75. The van der Waals surface area contributed by atoms with Crippen molar-refractivity contribution in [2.45, 2.75) is 65.2 Å². The summed E-state index contributed by atoms with van der Waals surface area (Å²) in [6.07, 6.45) is 10.8. The Balaban J connectivity index is 3.09. The van der Waals surface area contributed by atoms with Crippen molar-refractivity contribution in [3.8, 4) is 0 Å². The van der Waals surface area contributed by atoms with Crippen LogP contribution in [0.3, 0.4) is 0 Å². The second kappa shape index (κ2) is 9.89. The summed E-state index contributed by atoms with van der Waals surface area (Å²) in [6, 6.07) is 0. The Kier molecular flexibility index (Phi) is 9.84. The third-order valence-corrected chi connectivity index (χ3v) is 3.32. The van der Waals surface area contributed by atoms with E-state index in [2.05, 4.69) is 18.0 Å². The van der Waals surface area contributed by atoms with Crippen LogP contribution in [0.1, 0.15) is 65.2 Å². The highest BCUT2D eigenvalue weighted by molar-refractivity contribution is 7.85. The molecule has 0 amide bonds. The summed E-state index contributed by atoms with van der Waals surface area (Å²) in [4.78, 5) is 0. The predicted octanol–water partition coefficient (Wildman–Crippen LogP) is 3.74. The van der Waals surface area contributed by atoms with Gasteiger partial charge in [0.15, 0.2) is 0 Å². The maximum atomic E-state index is 10.7. The van der Waals surface area contributed by atoms with E-state index in [1.807, 2.05) is 0 Å². The fraction of sp³-hybridized carbons (Fsp3) is 1.00. The van der Waals surface area contributed by atoms with Gasteiger partial charge in [-0.2, -0.15) is 8.42 Å². The van der Waals surface area contributed by atoms with Gasteiger partial charge in [0.2, 0.25) is 0 Å². The summed E-state index contributed by atoms with van der Waals surface area (Å²) in [5.74, 6) is 0.822. The summed E-state index contributed by atoms with van der Waals surface area (Å²) in [6.45, 7) is 4.87. The number of rotatable bonds is 11. The Morgan fingerprint density at radius 3 is 1.82 bits per heavy atom. The van der Waals surface area contributed by atoms with E-state index in [4.69, 9.17) is 0 Å². The third-order valence-electron chi connectivity index (χ3n) is 2.72. The smallest absolute Gasteiger partial charge is 0.264 e. The van der Waals surface area contributed by atoms with Crippen molar-refractivity contribution in [3.63, 3.8) is 0 Å². The topological polar surface area (TPSA) is 43.4 Å². The zero-order valence-corrected chi connectivity index (χ0v) is 12.4. The maximum absolute atomic E-state index is 10.7. The molecule has 0 fully saturated rings. The molecule has 4 heteroatoms. The van der Waals surface area contributed by atoms with E-state index >= 15 is 0 Å². The highest BCUT2D eigenvalue weighted by Gasteiger charge is 2.00. The van der Waals surface area contributed by atoms with E-state index in [-0.39, 0.29) is 0 Å². The lowest BCUT2D eigenvalue weighted by molar-refractivity contribution is 0.309. The molecule has 0 heterocycles. The summed E-state index contributed by atoms with van der Waals surface area (Å²) in [5, 5.41) is 0. The molecule has 3 nitrogen and oxygen atoms in total. The Bertz CT molecular complexity index is 258. The van der Waals surface area contributed by atoms with Crippen LogP contribution in [0.5, 0.6) is 0 Å². The van der Waals surface area contributed by atoms with Crippen LogP contribution in [0.2, 0.25) is 0 Å². The number of hydrogen-bond donors (Lipinski definition) is 0. The van der Waals surface area contributed by atoms with Gasteiger partial charge in [0.25, 0.3) is 10.1 Å². The molecule has 0 rings (SSSR count). The molecule has 0 spiro atoms. The Hall–Kier alpha value is -0.0900. The van der Waals surface area contributed by atoms with Crippen molar-refractivity contribution in [2.24, 2.45) is 5.92 Å². The fourth-order valence-corrected chi connectivity index (χ4v) is 2.17. The van der Waals surface area contributed by atoms with Gasteiger partial charge in [-0.15, -0.1) is 0 Å². The number of unbranched alkanes of at least 4 members (excludes halogenated alkanes) is 6. The minimum Gasteiger partial charge on any atom is -0.270 e. The quantitative estimate of drug-likeness (QED) is 0.422. The van der Waals surface area contributed by atoms with E-state index in [1.165, 1.54) is 38.5 Å². The molecular formula is C13H28O3S. The van der Waals surface area contributed by atoms with Gasteiger partial charge < -0.3 is 0 Å². The van der Waals surface area contributed by atoms with Gasteiger partial charge in [0.1, 0.15) is 0 Å². The van der Waals surface area contributed by atoms with Crippen LogP contribution < -0.4 is 0 Å². The van der Waals surface area contributed by atoms with Gasteiger partial charge in [-0.05, 0) is 12.3 Å². The van der Waals surface area contributed by atoms with Crippen molar-refractivity contribution in [3.05, 3.63) is 0 Å². The van der Waals surface area contributed by atoms with Crippen molar-refractivity contribution < 1.29 is 12.6 Å². The Labute approximate surface area is 107 Å². The molecule has 0 aliphatic rings. The van der Waals surface area contributed by atoms with E-state index in [0.717, 1.165) is 25.0 Å². The van der Waals surface area contributed by atoms with Gasteiger partial charge in [-0.25, -0.2) is 0 Å². The van der Waals surface area contributed by atoms with Crippen LogP contribution in [0, 0.1) is 5.92 Å². The van der Waals surface area contributed by atoms with Crippen LogP contribution in [0.25, 0.3) is 0 Å². The molecule has 17 heavy (non-hydrogen) atoms. The largest absolute Gasteiger partial charge is 0.270 e. The molecule has 0 N–H and O–H groups in total. The first-order valence-electron chi connectivity index (χ1n) is 6.76. The SMILES string of the molecule is CC(C)CCCCCCCCCOS(C)(=O)=O. The highest BCUT2D eigenvalue weighted by Crippen LogP contribution is 2.12. The average Bonchev–Trinajstić information content (AvgIpc) is 2.18. The monoisotopic (exact) mass is 264 g/mol. The zero-order chi connectivity index (χ0) is 13.1. The van der Waals surface area contributed by atoms with Crippen LogP contribution in [-0.2, 0) is 14.3 Å². The minimum atomic E-state index is -3.24. The molecule has 0 saturated carbocycles. The van der Waals surface area contributed by atoms with Gasteiger partial charge in [-0.3, -0.25) is 4.18 Å².